The highest BCUT2D eigenvalue weighted by atomic mass is 35.5. The average molecular weight is 560 g/mol. The molecule has 2 aliphatic rings. The fourth-order valence-corrected chi connectivity index (χ4v) is 5.54. The van der Waals surface area contributed by atoms with E-state index in [9.17, 15) is 14.0 Å². The summed E-state index contributed by atoms with van der Waals surface area (Å²) < 4.78 is 13.6. The third kappa shape index (κ3) is 6.22. The lowest BCUT2D eigenvalue weighted by atomic mass is 9.97. The fourth-order valence-electron chi connectivity index (χ4n) is 5.29. The van der Waals surface area contributed by atoms with Crippen LogP contribution in [0.25, 0.3) is 0 Å². The molecule has 0 bridgehead atoms. The number of carbonyl (C=O) groups is 2. The van der Waals surface area contributed by atoms with Gasteiger partial charge in [0.25, 0.3) is 11.8 Å². The third-order valence-electron chi connectivity index (χ3n) is 7.49. The van der Waals surface area contributed by atoms with Crippen LogP contribution in [0.1, 0.15) is 52.6 Å². The fraction of sp³-hybridized carbons (Fsp3) is 0.500. The van der Waals surface area contributed by atoms with Crippen molar-refractivity contribution < 1.29 is 14.0 Å². The Balaban J connectivity index is 1.38. The van der Waals surface area contributed by atoms with Crippen LogP contribution >= 0.6 is 11.6 Å². The van der Waals surface area contributed by atoms with Crippen molar-refractivity contribution in [1.82, 2.24) is 30.4 Å². The number of carbonyl (C=O) groups excluding carboxylic acids is 2. The minimum atomic E-state index is -0.663. The lowest BCUT2D eigenvalue weighted by Gasteiger charge is -2.47. The van der Waals surface area contributed by atoms with Crippen LogP contribution in [0.3, 0.4) is 0 Å². The number of benzene rings is 1. The number of nitrogens with one attached hydrogen (secondary N) is 3. The van der Waals surface area contributed by atoms with Crippen molar-refractivity contribution in [1.29, 1.82) is 5.41 Å². The molecule has 2 aromatic rings. The topological polar surface area (TPSA) is 144 Å². The Morgan fingerprint density at radius 3 is 2.56 bits per heavy atom. The van der Waals surface area contributed by atoms with E-state index in [2.05, 4.69) is 32.4 Å². The van der Waals surface area contributed by atoms with Crippen molar-refractivity contribution in [2.24, 2.45) is 0 Å². The number of guanidine groups is 1. The van der Waals surface area contributed by atoms with E-state index in [4.69, 9.17) is 22.7 Å². The quantitative estimate of drug-likeness (QED) is 0.322. The second-order valence-electron chi connectivity index (χ2n) is 9.88. The molecule has 210 valence electrons. The minimum absolute atomic E-state index is 0.0559. The number of likely N-dealkylation sites (tertiary alicyclic amines) is 1. The number of amides is 2. The number of piperidine rings is 1. The second kappa shape index (κ2) is 12.1. The highest BCUT2D eigenvalue weighted by Gasteiger charge is 2.35. The molecule has 2 aliphatic heterocycles. The number of rotatable bonds is 5. The maximum absolute atomic E-state index is 13.6. The smallest absolute Gasteiger partial charge is 0.280 e. The zero-order valence-electron chi connectivity index (χ0n) is 22.4. The van der Waals surface area contributed by atoms with E-state index >= 15 is 0 Å². The molecule has 1 aromatic heterocycles. The Labute approximate surface area is 232 Å². The van der Waals surface area contributed by atoms with Gasteiger partial charge in [0.05, 0.1) is 0 Å². The van der Waals surface area contributed by atoms with Gasteiger partial charge < -0.3 is 20.9 Å². The van der Waals surface area contributed by atoms with Gasteiger partial charge in [0.2, 0.25) is 0 Å². The normalized spacial score (nSPS) is 18.6. The van der Waals surface area contributed by atoms with Gasteiger partial charge in [-0.05, 0) is 49.9 Å². The summed E-state index contributed by atoms with van der Waals surface area (Å²) in [6, 6.07) is 5.10. The summed E-state index contributed by atoms with van der Waals surface area (Å²) in [5.74, 6) is -0.842. The first kappa shape index (κ1) is 28.5. The first-order valence-corrected chi connectivity index (χ1v) is 13.5. The van der Waals surface area contributed by atoms with Crippen LogP contribution in [0, 0.1) is 18.2 Å². The van der Waals surface area contributed by atoms with E-state index in [1.807, 2.05) is 9.80 Å². The Kier molecular flexibility index (Phi) is 8.86. The molecule has 0 saturated carbocycles. The Hall–Kier alpha value is -3.51. The molecule has 3 heterocycles. The van der Waals surface area contributed by atoms with Gasteiger partial charge in [0.1, 0.15) is 5.82 Å². The number of aryl methyl sites for hydroxylation is 1. The van der Waals surface area contributed by atoms with Crippen LogP contribution in [0.15, 0.2) is 18.2 Å². The van der Waals surface area contributed by atoms with Crippen LogP contribution < -0.4 is 21.3 Å². The summed E-state index contributed by atoms with van der Waals surface area (Å²) in [4.78, 5) is 40.3. The van der Waals surface area contributed by atoms with Gasteiger partial charge in [-0.15, -0.1) is 0 Å². The van der Waals surface area contributed by atoms with E-state index in [1.54, 1.807) is 19.1 Å². The third-order valence-corrected chi connectivity index (χ3v) is 7.75. The molecule has 1 atom stereocenters. The molecule has 0 radical (unpaired) electrons. The van der Waals surface area contributed by atoms with E-state index in [0.29, 0.717) is 49.2 Å². The number of nitrogens with two attached hydrogens (primary N) is 1. The number of anilines is 2. The summed E-state index contributed by atoms with van der Waals surface area (Å²) in [6.45, 7) is 7.23. The zero-order valence-corrected chi connectivity index (χ0v) is 23.2. The summed E-state index contributed by atoms with van der Waals surface area (Å²) in [6.07, 6.45) is 2.64. The van der Waals surface area contributed by atoms with Crippen molar-refractivity contribution in [3.8, 4) is 0 Å². The van der Waals surface area contributed by atoms with Gasteiger partial charge in [0, 0.05) is 57.4 Å². The molecule has 0 spiro atoms. The molecule has 5 N–H and O–H groups in total. The lowest BCUT2D eigenvalue weighted by molar-refractivity contribution is 0.0490. The number of hydrogen-bond acceptors (Lipinski definition) is 8. The minimum Gasteiger partial charge on any atom is -0.382 e. The van der Waals surface area contributed by atoms with E-state index < -0.39 is 5.91 Å². The molecule has 4 rings (SSSR count). The first-order chi connectivity index (χ1) is 18.6. The van der Waals surface area contributed by atoms with Crippen molar-refractivity contribution in [2.75, 3.05) is 50.4 Å². The van der Waals surface area contributed by atoms with Crippen LogP contribution in [0.5, 0.6) is 0 Å². The van der Waals surface area contributed by atoms with Gasteiger partial charge in [-0.1, -0.05) is 18.5 Å². The molecule has 0 unspecified atom stereocenters. The van der Waals surface area contributed by atoms with Crippen LogP contribution in [0.2, 0.25) is 5.15 Å². The van der Waals surface area contributed by atoms with Gasteiger partial charge >= 0.3 is 0 Å². The number of nitrogen functional groups attached to an aromatic ring is 1. The molecule has 2 amide bonds. The van der Waals surface area contributed by atoms with Gasteiger partial charge in [0.15, 0.2) is 28.4 Å². The predicted octanol–water partition coefficient (Wildman–Crippen LogP) is 2.25. The molecule has 0 aliphatic carbocycles. The van der Waals surface area contributed by atoms with Crippen LogP contribution in [-0.4, -0.2) is 89.4 Å². The molecule has 11 nitrogen and oxygen atoms in total. The highest BCUT2D eigenvalue weighted by molar-refractivity contribution is 6.32. The monoisotopic (exact) mass is 559 g/mol. The summed E-state index contributed by atoms with van der Waals surface area (Å²) >= 11 is 6.45. The molecular weight excluding hydrogens is 525 g/mol. The molecule has 2 fully saturated rings. The van der Waals surface area contributed by atoms with Crippen molar-refractivity contribution in [3.63, 3.8) is 0 Å². The maximum atomic E-state index is 13.6. The summed E-state index contributed by atoms with van der Waals surface area (Å²) in [7, 11) is 1.51. The van der Waals surface area contributed by atoms with Gasteiger partial charge in [-0.2, -0.15) is 0 Å². The Morgan fingerprint density at radius 2 is 1.92 bits per heavy atom. The number of nitrogens with zero attached hydrogens (tertiary/aromatic N) is 5. The number of halogens is 2. The number of piperazine rings is 1. The molecule has 2 saturated heterocycles. The zero-order chi connectivity index (χ0) is 28.3. The lowest BCUT2D eigenvalue weighted by Crippen LogP contribution is -2.58. The van der Waals surface area contributed by atoms with E-state index in [0.717, 1.165) is 25.8 Å². The average Bonchev–Trinajstić information content (AvgIpc) is 2.94. The maximum Gasteiger partial charge on any atom is 0.280 e. The van der Waals surface area contributed by atoms with E-state index in [-0.39, 0.29) is 40.4 Å². The van der Waals surface area contributed by atoms with Crippen LogP contribution in [-0.2, 0) is 0 Å². The molecule has 13 heteroatoms. The molecule has 39 heavy (non-hydrogen) atoms. The molecule has 1 aromatic carbocycles. The summed E-state index contributed by atoms with van der Waals surface area (Å²) in [5, 5.41) is 12.5. The second-order valence-corrected chi connectivity index (χ2v) is 10.2. The Morgan fingerprint density at radius 1 is 1.21 bits per heavy atom. The summed E-state index contributed by atoms with van der Waals surface area (Å²) in [5.41, 5.74) is 6.91. The SMILES string of the molecule is CC[C@H]1CN(c2nc(N)c(C(=O)NC(=N)NC)nc2Cl)CCN1C1CCN(C(=O)c2ccc(F)c(C)c2)CC1. The highest BCUT2D eigenvalue weighted by Crippen LogP contribution is 2.30. The standard InChI is InChI=1S/C26H35ClFN9O2/c1-4-17-14-36(23-21(27)32-20(22(29)33-23)24(38)34-26(30)31-3)11-12-37(17)18-7-9-35(10-8-18)25(39)16-5-6-19(28)15(2)13-16/h5-6,13,17-18H,4,7-12,14H2,1-3H3,(H2,29,33)(H3,30,31,34,38)/t17-/m0/s1. The van der Waals surface area contributed by atoms with Crippen molar-refractivity contribution in [2.45, 2.75) is 45.2 Å². The predicted molar refractivity (Wildman–Crippen MR) is 149 cm³/mol. The van der Waals surface area contributed by atoms with E-state index in [1.165, 1.54) is 13.1 Å². The molecular formula is C26H35ClFN9O2. The first-order valence-electron chi connectivity index (χ1n) is 13.1. The number of hydrogen-bond donors (Lipinski definition) is 4. The largest absolute Gasteiger partial charge is 0.382 e. The van der Waals surface area contributed by atoms with Gasteiger partial charge in [-0.3, -0.25) is 25.2 Å². The number of aromatic nitrogens is 2. The Bertz CT molecular complexity index is 1250. The van der Waals surface area contributed by atoms with Crippen molar-refractivity contribution in [3.05, 3.63) is 46.0 Å². The van der Waals surface area contributed by atoms with Gasteiger partial charge in [-0.25, -0.2) is 14.4 Å². The van der Waals surface area contributed by atoms with Crippen LogP contribution in [0.4, 0.5) is 16.0 Å². The van der Waals surface area contributed by atoms with Crippen molar-refractivity contribution >= 4 is 41.0 Å².